The molecule has 4 bridgehead atoms. The van der Waals surface area contributed by atoms with E-state index in [0.717, 1.165) is 82.8 Å². The topological polar surface area (TPSA) is 14.2 Å². The summed E-state index contributed by atoms with van der Waals surface area (Å²) < 4.78 is 49.6. The molecule has 82 heavy (non-hydrogen) atoms. The highest BCUT2D eigenvalue weighted by atomic mass is 19.4. The van der Waals surface area contributed by atoms with Gasteiger partial charge in [0.2, 0.25) is 0 Å². The fourth-order valence-electron chi connectivity index (χ4n) is 15.4. The molecule has 2 aromatic heterocycles. The summed E-state index contributed by atoms with van der Waals surface area (Å²) in [5, 5.41) is 4.15. The smallest absolute Gasteiger partial charge is 0.308 e. The molecular formula is C76H64F3N3. The highest BCUT2D eigenvalue weighted by Gasteiger charge is 2.44. The first kappa shape index (κ1) is 52.5. The predicted octanol–water partition coefficient (Wildman–Crippen LogP) is 21.2. The summed E-state index contributed by atoms with van der Waals surface area (Å²) in [5.41, 5.74) is 28.3. The molecule has 0 fully saturated rings. The van der Waals surface area contributed by atoms with Crippen molar-refractivity contribution in [1.82, 2.24) is 9.13 Å². The average molecular weight is 1080 g/mol. The molecule has 404 valence electrons. The molecule has 0 spiro atoms. The Labute approximate surface area is 478 Å². The number of hydrogen-bond donors (Lipinski definition) is 0. The lowest BCUT2D eigenvalue weighted by molar-refractivity contribution is -0.137. The molecule has 1 aliphatic heterocycles. The molecule has 6 heteroatoms. The van der Waals surface area contributed by atoms with Crippen molar-refractivity contribution in [3.05, 3.63) is 263 Å². The summed E-state index contributed by atoms with van der Waals surface area (Å²) in [6.45, 7) is 37.1. The van der Waals surface area contributed by atoms with Crippen LogP contribution in [-0.2, 0) is 11.6 Å². The van der Waals surface area contributed by atoms with Crippen molar-refractivity contribution in [3.63, 3.8) is 0 Å². The molecule has 0 unspecified atom stereocenters. The van der Waals surface area contributed by atoms with Gasteiger partial charge in [-0.1, -0.05) is 125 Å². The van der Waals surface area contributed by atoms with Crippen molar-refractivity contribution < 1.29 is 13.2 Å². The predicted molar refractivity (Wildman–Crippen MR) is 336 cm³/mol. The van der Waals surface area contributed by atoms with Crippen LogP contribution in [0, 0.1) is 96.6 Å². The number of aromatic nitrogens is 2. The van der Waals surface area contributed by atoms with Crippen molar-refractivity contribution in [2.45, 2.75) is 102 Å². The van der Waals surface area contributed by atoms with Crippen LogP contribution in [-0.4, -0.2) is 9.13 Å². The highest BCUT2D eigenvalue weighted by Crippen LogP contribution is 2.54. The first-order chi connectivity index (χ1) is 39.0. The average Bonchev–Trinajstić information content (AvgIpc) is 1.61. The van der Waals surface area contributed by atoms with Crippen molar-refractivity contribution in [2.75, 3.05) is 0 Å². The van der Waals surface area contributed by atoms with Gasteiger partial charge in [-0.15, -0.1) is 0 Å². The molecule has 0 radical (unpaired) electrons. The van der Waals surface area contributed by atoms with E-state index in [9.17, 15) is 13.2 Å². The summed E-state index contributed by atoms with van der Waals surface area (Å²) in [6, 6.07) is 54.1. The van der Waals surface area contributed by atoms with E-state index in [1.54, 1.807) is 13.0 Å². The molecule has 0 atom stereocenters. The lowest BCUT2D eigenvalue weighted by Gasteiger charge is -2.41. The van der Waals surface area contributed by atoms with Gasteiger partial charge in [0, 0.05) is 21.5 Å². The Kier molecular flexibility index (Phi) is 11.9. The quantitative estimate of drug-likeness (QED) is 0.153. The van der Waals surface area contributed by atoms with Crippen LogP contribution in [0.2, 0.25) is 0 Å². The Hall–Kier alpha value is -8.92. The number of rotatable bonds is 5. The number of fused-ring (bicyclic) bond motifs is 11. The van der Waals surface area contributed by atoms with Crippen LogP contribution in [0.15, 0.2) is 152 Å². The van der Waals surface area contributed by atoms with Crippen LogP contribution in [0.3, 0.4) is 0 Å². The standard InChI is InChI=1S/C76H64F3N3/c1-40-23-45(6)71(46(7)24-40)53-15-19-59-61-21-17-56-36-67(61)81(65(59)34-53)69-38-63(55-31-44(5)32-58(33-55)76(77,78)79)64(80-14)39-70(69)82-66-35-54(72-47(8)25-41(2)26-48(72)9)16-20-60(66)62-22-18-57(37-68(62)82)75(56,73-49(10)27-42(3)28-50(73)11)74-51(12)29-43(4)30-52(74)13/h15-39H,1-13H3. The molecular weight excluding hydrogens is 1010 g/mol. The van der Waals surface area contributed by atoms with Crippen molar-refractivity contribution in [3.8, 4) is 44.8 Å². The van der Waals surface area contributed by atoms with Gasteiger partial charge >= 0.3 is 6.18 Å². The maximum atomic E-state index is 14.9. The fourth-order valence-corrected chi connectivity index (χ4v) is 15.4. The van der Waals surface area contributed by atoms with Gasteiger partial charge in [0.1, 0.15) is 0 Å². The number of hydrogen-bond acceptors (Lipinski definition) is 0. The second kappa shape index (κ2) is 18.6. The Morgan fingerprint density at radius 3 is 1.11 bits per heavy atom. The molecule has 0 N–H and O–H groups in total. The lowest BCUT2D eigenvalue weighted by atomic mass is 9.60. The summed E-state index contributed by atoms with van der Waals surface area (Å²) in [6.07, 6.45) is -4.61. The molecule has 0 amide bonds. The number of aryl methyl sites for hydroxylation is 13. The van der Waals surface area contributed by atoms with E-state index in [-0.39, 0.29) is 5.69 Å². The minimum Gasteiger partial charge on any atom is -0.308 e. The Morgan fingerprint density at radius 1 is 0.366 bits per heavy atom. The summed E-state index contributed by atoms with van der Waals surface area (Å²) in [5.74, 6) is 0. The molecule has 0 saturated carbocycles. The Morgan fingerprint density at radius 2 is 0.720 bits per heavy atom. The number of alkyl halides is 3. The van der Waals surface area contributed by atoms with Crippen LogP contribution in [0.1, 0.15) is 100 Å². The van der Waals surface area contributed by atoms with Gasteiger partial charge < -0.3 is 9.13 Å². The normalized spacial score (nSPS) is 13.0. The van der Waals surface area contributed by atoms with Gasteiger partial charge in [0.05, 0.1) is 51.0 Å². The molecule has 10 aromatic carbocycles. The van der Waals surface area contributed by atoms with Gasteiger partial charge in [-0.05, 0) is 244 Å². The van der Waals surface area contributed by atoms with Crippen molar-refractivity contribution in [1.29, 1.82) is 0 Å². The summed E-state index contributed by atoms with van der Waals surface area (Å²) in [7, 11) is 0. The van der Waals surface area contributed by atoms with E-state index in [1.165, 1.54) is 95.6 Å². The van der Waals surface area contributed by atoms with Crippen LogP contribution < -0.4 is 0 Å². The zero-order chi connectivity index (χ0) is 57.7. The van der Waals surface area contributed by atoms with E-state index in [0.29, 0.717) is 16.7 Å². The summed E-state index contributed by atoms with van der Waals surface area (Å²) >= 11 is 0. The molecule has 3 nitrogen and oxygen atoms in total. The molecule has 0 saturated heterocycles. The monoisotopic (exact) mass is 1080 g/mol. The van der Waals surface area contributed by atoms with Crippen LogP contribution in [0.25, 0.3) is 93.2 Å². The number of benzene rings is 10. The fraction of sp³-hybridized carbons (Fsp3) is 0.197. The first-order valence-corrected chi connectivity index (χ1v) is 28.3. The maximum absolute atomic E-state index is 14.9. The van der Waals surface area contributed by atoms with E-state index in [1.807, 2.05) is 12.1 Å². The van der Waals surface area contributed by atoms with E-state index in [2.05, 4.69) is 218 Å². The first-order valence-electron chi connectivity index (χ1n) is 28.3. The zero-order valence-corrected chi connectivity index (χ0v) is 48.9. The van der Waals surface area contributed by atoms with Crippen LogP contribution >= 0.6 is 0 Å². The maximum Gasteiger partial charge on any atom is 0.416 e. The molecule has 1 aliphatic rings. The van der Waals surface area contributed by atoms with Gasteiger partial charge in [0.25, 0.3) is 0 Å². The van der Waals surface area contributed by atoms with Crippen molar-refractivity contribution >= 4 is 49.3 Å². The van der Waals surface area contributed by atoms with E-state index >= 15 is 0 Å². The third kappa shape index (κ3) is 7.84. The lowest BCUT2D eigenvalue weighted by Crippen LogP contribution is -2.35. The third-order valence-electron chi connectivity index (χ3n) is 17.8. The van der Waals surface area contributed by atoms with Crippen LogP contribution in [0.4, 0.5) is 18.9 Å². The SMILES string of the molecule is [C-]#[N+]c1cc2c(cc1-c1cc(C)cc(C(F)(F)F)c1)-n1c3cc(-c4c(C)cc(C)cc4C)ccc3c3ccc(cc31)C(c1c(C)cc(C)cc1C)(c1c(C)cc(C)cc1C)c1ccc3c4ccc(-c5c(C)cc(C)cc5C)cc4n-2c3c1. The molecule has 0 aliphatic carbocycles. The van der Waals surface area contributed by atoms with E-state index in [4.69, 9.17) is 6.57 Å². The minimum atomic E-state index is -4.61. The van der Waals surface area contributed by atoms with Crippen LogP contribution in [0.5, 0.6) is 0 Å². The summed E-state index contributed by atoms with van der Waals surface area (Å²) in [4.78, 5) is 4.25. The number of nitrogens with zero attached hydrogens (tertiary/aromatic N) is 3. The second-order valence-corrected chi connectivity index (χ2v) is 24.0. The molecule has 12 aromatic rings. The molecule has 3 heterocycles. The molecule has 13 rings (SSSR count). The largest absolute Gasteiger partial charge is 0.416 e. The number of halogens is 3. The minimum absolute atomic E-state index is 0.249. The van der Waals surface area contributed by atoms with E-state index < -0.39 is 17.2 Å². The Bertz CT molecular complexity index is 4680. The highest BCUT2D eigenvalue weighted by molar-refractivity contribution is 6.14. The van der Waals surface area contributed by atoms with Gasteiger partial charge in [-0.2, -0.15) is 13.2 Å². The van der Waals surface area contributed by atoms with Gasteiger partial charge in [-0.25, -0.2) is 4.85 Å². The van der Waals surface area contributed by atoms with Gasteiger partial charge in [-0.3, -0.25) is 0 Å². The zero-order valence-electron chi connectivity index (χ0n) is 48.9. The van der Waals surface area contributed by atoms with Gasteiger partial charge in [0.15, 0.2) is 5.69 Å². The third-order valence-corrected chi connectivity index (χ3v) is 17.8. The van der Waals surface area contributed by atoms with Crippen molar-refractivity contribution in [2.24, 2.45) is 0 Å². The second-order valence-electron chi connectivity index (χ2n) is 24.0. The Balaban J connectivity index is 1.31.